The molecule has 2 saturated heterocycles. The van der Waals surface area contributed by atoms with E-state index in [9.17, 15) is 4.79 Å². The first-order valence-corrected chi connectivity index (χ1v) is 10.6. The molecule has 0 radical (unpaired) electrons. The highest BCUT2D eigenvalue weighted by atomic mass is 16.3. The van der Waals surface area contributed by atoms with Crippen LogP contribution in [0.5, 0.6) is 0 Å². The van der Waals surface area contributed by atoms with Gasteiger partial charge in [0.25, 0.3) is 0 Å². The Morgan fingerprint density at radius 2 is 2.07 bits per heavy atom. The van der Waals surface area contributed by atoms with Crippen molar-refractivity contribution in [1.29, 1.82) is 0 Å². The largest absolute Gasteiger partial charge is 0.459 e. The molecule has 150 valence electrons. The Morgan fingerprint density at radius 1 is 1.21 bits per heavy atom. The van der Waals surface area contributed by atoms with Crippen LogP contribution in [0.1, 0.15) is 48.6 Å². The zero-order valence-electron chi connectivity index (χ0n) is 16.9. The molecule has 5 heteroatoms. The number of benzene rings is 1. The van der Waals surface area contributed by atoms with Crippen molar-refractivity contribution in [3.05, 3.63) is 65.7 Å². The van der Waals surface area contributed by atoms with Crippen LogP contribution in [0.25, 0.3) is 11.0 Å². The predicted octanol–water partition coefficient (Wildman–Crippen LogP) is 4.16. The molecule has 1 spiro atoms. The van der Waals surface area contributed by atoms with Crippen molar-refractivity contribution in [2.75, 3.05) is 13.1 Å². The first-order chi connectivity index (χ1) is 14.1. The maximum Gasteiger partial charge on any atom is 0.220 e. The number of fused-ring (bicyclic) bond motifs is 1. The van der Waals surface area contributed by atoms with Crippen LogP contribution in [0.4, 0.5) is 0 Å². The Morgan fingerprint density at radius 3 is 2.90 bits per heavy atom. The molecular weight excluding hydrogens is 362 g/mol. The minimum Gasteiger partial charge on any atom is -0.459 e. The Bertz CT molecular complexity index is 1030. The minimum absolute atomic E-state index is 0.171. The lowest BCUT2D eigenvalue weighted by molar-refractivity contribution is -0.122. The topological polar surface area (TPSA) is 58.4 Å². The number of nitrogens with one attached hydrogen (secondary N) is 1. The van der Waals surface area contributed by atoms with Gasteiger partial charge in [-0.1, -0.05) is 30.7 Å². The quantitative estimate of drug-likeness (QED) is 0.731. The van der Waals surface area contributed by atoms with E-state index >= 15 is 0 Å². The van der Waals surface area contributed by atoms with Crippen molar-refractivity contribution in [3.63, 3.8) is 0 Å². The van der Waals surface area contributed by atoms with Crippen molar-refractivity contribution in [2.24, 2.45) is 0 Å². The summed E-state index contributed by atoms with van der Waals surface area (Å²) in [5, 5.41) is 4.59. The van der Waals surface area contributed by atoms with E-state index in [4.69, 9.17) is 4.42 Å². The van der Waals surface area contributed by atoms with Gasteiger partial charge < -0.3 is 9.73 Å². The predicted molar refractivity (Wildman–Crippen MR) is 113 cm³/mol. The lowest BCUT2D eigenvalue weighted by Gasteiger charge is -2.34. The molecule has 0 saturated carbocycles. The van der Waals surface area contributed by atoms with Crippen LogP contribution >= 0.6 is 0 Å². The lowest BCUT2D eigenvalue weighted by atomic mass is 9.81. The molecule has 2 aliphatic rings. The molecule has 0 aliphatic carbocycles. The molecule has 2 atom stereocenters. The van der Waals surface area contributed by atoms with Crippen molar-refractivity contribution in [2.45, 2.75) is 50.6 Å². The summed E-state index contributed by atoms with van der Waals surface area (Å²) in [5.74, 6) is 1.38. The van der Waals surface area contributed by atoms with Crippen LogP contribution in [0.15, 0.2) is 53.1 Å². The van der Waals surface area contributed by atoms with Gasteiger partial charge >= 0.3 is 0 Å². The fourth-order valence-corrected chi connectivity index (χ4v) is 5.17. The third kappa shape index (κ3) is 3.33. The van der Waals surface area contributed by atoms with Gasteiger partial charge in [-0.3, -0.25) is 14.7 Å². The third-order valence-corrected chi connectivity index (χ3v) is 6.63. The van der Waals surface area contributed by atoms with Crippen LogP contribution in [0, 0.1) is 6.92 Å². The Hall–Kier alpha value is -2.66. The monoisotopic (exact) mass is 389 g/mol. The van der Waals surface area contributed by atoms with Crippen molar-refractivity contribution in [1.82, 2.24) is 15.2 Å². The number of rotatable bonds is 3. The second-order valence-corrected chi connectivity index (χ2v) is 8.53. The lowest BCUT2D eigenvalue weighted by Crippen LogP contribution is -2.52. The molecule has 2 fully saturated rings. The van der Waals surface area contributed by atoms with Gasteiger partial charge in [-0.25, -0.2) is 0 Å². The zero-order valence-corrected chi connectivity index (χ0v) is 16.9. The van der Waals surface area contributed by atoms with Gasteiger partial charge in [0.2, 0.25) is 5.91 Å². The first-order valence-electron chi connectivity index (χ1n) is 10.6. The van der Waals surface area contributed by atoms with E-state index in [0.717, 1.165) is 55.9 Å². The zero-order chi connectivity index (χ0) is 19.8. The van der Waals surface area contributed by atoms with E-state index in [1.54, 1.807) is 0 Å². The van der Waals surface area contributed by atoms with Crippen LogP contribution in [-0.4, -0.2) is 34.4 Å². The summed E-state index contributed by atoms with van der Waals surface area (Å²) >= 11 is 0. The molecule has 4 heterocycles. The van der Waals surface area contributed by atoms with Crippen LogP contribution < -0.4 is 5.32 Å². The van der Waals surface area contributed by atoms with Gasteiger partial charge in [0.05, 0.1) is 12.1 Å². The van der Waals surface area contributed by atoms with E-state index in [2.05, 4.69) is 40.3 Å². The number of pyridine rings is 1. The fraction of sp³-hybridized carbons (Fsp3) is 0.417. The van der Waals surface area contributed by atoms with E-state index in [1.807, 2.05) is 30.5 Å². The number of carbonyl (C=O) groups is 1. The van der Waals surface area contributed by atoms with Crippen LogP contribution in [0.2, 0.25) is 0 Å². The summed E-state index contributed by atoms with van der Waals surface area (Å²) in [6, 6.07) is 14.3. The number of hydrogen-bond acceptors (Lipinski definition) is 4. The minimum atomic E-state index is -0.248. The van der Waals surface area contributed by atoms with Crippen molar-refractivity contribution >= 4 is 16.9 Å². The fourth-order valence-electron chi connectivity index (χ4n) is 5.17. The van der Waals surface area contributed by atoms with Gasteiger partial charge in [0.1, 0.15) is 11.3 Å². The molecular formula is C24H27N3O2. The SMILES string of the molecule is Cc1c(CN2C[C@@H](c3ccccn3)[C@@]3(CCCCC(=O)N3)C2)oc2ccccc12. The van der Waals surface area contributed by atoms with Gasteiger partial charge in [-0.2, -0.15) is 0 Å². The Labute approximate surface area is 171 Å². The summed E-state index contributed by atoms with van der Waals surface area (Å²) in [7, 11) is 0. The van der Waals surface area contributed by atoms with E-state index < -0.39 is 0 Å². The molecule has 1 amide bonds. The number of furan rings is 1. The summed E-state index contributed by atoms with van der Waals surface area (Å²) < 4.78 is 6.18. The smallest absolute Gasteiger partial charge is 0.220 e. The average Bonchev–Trinajstić information content (AvgIpc) is 3.16. The summed E-state index contributed by atoms with van der Waals surface area (Å²) in [6.07, 6.45) is 5.51. The van der Waals surface area contributed by atoms with Gasteiger partial charge in [0, 0.05) is 42.7 Å². The maximum atomic E-state index is 12.5. The highest BCUT2D eigenvalue weighted by Crippen LogP contribution is 2.41. The Kier molecular flexibility index (Phi) is 4.63. The van der Waals surface area contributed by atoms with E-state index in [-0.39, 0.29) is 17.4 Å². The molecule has 1 N–H and O–H groups in total. The van der Waals surface area contributed by atoms with E-state index in [0.29, 0.717) is 6.42 Å². The van der Waals surface area contributed by atoms with Gasteiger partial charge in [-0.05, 0) is 43.5 Å². The Balaban J connectivity index is 1.47. The number of amides is 1. The molecule has 0 unspecified atom stereocenters. The number of likely N-dealkylation sites (tertiary alicyclic amines) is 1. The first kappa shape index (κ1) is 18.4. The van der Waals surface area contributed by atoms with Gasteiger partial charge in [-0.15, -0.1) is 0 Å². The van der Waals surface area contributed by atoms with Gasteiger partial charge in [0.15, 0.2) is 0 Å². The third-order valence-electron chi connectivity index (χ3n) is 6.63. The maximum absolute atomic E-state index is 12.5. The number of carbonyl (C=O) groups excluding carboxylic acids is 1. The second-order valence-electron chi connectivity index (χ2n) is 8.53. The molecule has 2 aliphatic heterocycles. The highest BCUT2D eigenvalue weighted by molar-refractivity contribution is 5.81. The molecule has 5 nitrogen and oxygen atoms in total. The highest BCUT2D eigenvalue weighted by Gasteiger charge is 2.49. The van der Waals surface area contributed by atoms with Crippen LogP contribution in [-0.2, 0) is 11.3 Å². The number of aryl methyl sites for hydroxylation is 1. The molecule has 3 aromatic rings. The van der Waals surface area contributed by atoms with Crippen molar-refractivity contribution in [3.8, 4) is 0 Å². The molecule has 0 bridgehead atoms. The number of nitrogens with zero attached hydrogens (tertiary/aromatic N) is 2. The molecule has 29 heavy (non-hydrogen) atoms. The molecule has 5 rings (SSSR count). The summed E-state index contributed by atoms with van der Waals surface area (Å²) in [4.78, 5) is 19.6. The standard InChI is InChI=1S/C24H27N3O2/c1-17-18-8-2-3-10-21(18)29-22(17)15-27-14-19(20-9-5-7-13-25-20)24(16-27)12-6-4-11-23(28)26-24/h2-3,5,7-10,13,19H,4,6,11-12,14-16H2,1H3,(H,26,28)/t19-,24+/m0/s1. The second kappa shape index (κ2) is 7.30. The average molecular weight is 389 g/mol. The number of hydrogen-bond donors (Lipinski definition) is 1. The molecule has 2 aromatic heterocycles. The number of aromatic nitrogens is 1. The molecule has 1 aromatic carbocycles. The number of para-hydroxylation sites is 1. The normalized spacial score (nSPS) is 25.4. The summed E-state index contributed by atoms with van der Waals surface area (Å²) in [6.45, 7) is 4.59. The summed E-state index contributed by atoms with van der Waals surface area (Å²) in [5.41, 5.74) is 2.97. The van der Waals surface area contributed by atoms with E-state index in [1.165, 1.54) is 10.9 Å². The van der Waals surface area contributed by atoms with Crippen LogP contribution in [0.3, 0.4) is 0 Å². The van der Waals surface area contributed by atoms with Crippen molar-refractivity contribution < 1.29 is 9.21 Å².